The van der Waals surface area contributed by atoms with Crippen molar-refractivity contribution in [1.82, 2.24) is 9.29 Å². The molecule has 2 heterocycles. The van der Waals surface area contributed by atoms with Gasteiger partial charge in [-0.05, 0) is 25.0 Å². The summed E-state index contributed by atoms with van der Waals surface area (Å²) in [4.78, 5) is 4.30. The zero-order valence-corrected chi connectivity index (χ0v) is 15.3. The van der Waals surface area contributed by atoms with Crippen molar-refractivity contribution in [2.45, 2.75) is 29.9 Å². The van der Waals surface area contributed by atoms with Crippen LogP contribution < -0.4 is 0 Å². The largest absolute Gasteiger partial charge is 0.254 e. The summed E-state index contributed by atoms with van der Waals surface area (Å²) in [6, 6.07) is 7.73. The molecule has 1 fully saturated rings. The maximum atomic E-state index is 12.7. The first-order valence-electron chi connectivity index (χ1n) is 7.29. The smallest absolute Gasteiger partial charge is 0.243 e. The van der Waals surface area contributed by atoms with Crippen LogP contribution in [0, 0.1) is 0 Å². The summed E-state index contributed by atoms with van der Waals surface area (Å²) in [5.74, 6) is 0. The molecule has 0 aliphatic carbocycles. The molecule has 0 N–H and O–H groups in total. The van der Waals surface area contributed by atoms with Gasteiger partial charge in [-0.2, -0.15) is 4.31 Å². The molecule has 1 aromatic carbocycles. The molecule has 1 aliphatic heterocycles. The molecule has 0 atom stereocenters. The fraction of sp³-hybridized carbons (Fsp3) is 0.400. The third-order valence-electron chi connectivity index (χ3n) is 3.73. The maximum Gasteiger partial charge on any atom is 0.254 e. The maximum absolute atomic E-state index is 12.7. The Hall–Kier alpha value is -0.760. The van der Waals surface area contributed by atoms with E-state index < -0.39 is 10.0 Å². The van der Waals surface area contributed by atoms with Gasteiger partial charge in [0.1, 0.15) is 5.01 Å². The Balaban J connectivity index is 1.87. The molecule has 2 aromatic rings. The lowest BCUT2D eigenvalue weighted by Crippen LogP contribution is -2.31. The van der Waals surface area contributed by atoms with E-state index in [-0.39, 0.29) is 0 Å². The molecule has 0 unspecified atom stereocenters. The van der Waals surface area contributed by atoms with Crippen molar-refractivity contribution >= 4 is 37.3 Å². The second-order valence-electron chi connectivity index (χ2n) is 5.31. The first-order valence-corrected chi connectivity index (χ1v) is 10.3. The normalized spacial score (nSPS) is 17.3. The lowest BCUT2D eigenvalue weighted by atomic mass is 10.2. The monoisotopic (exact) mass is 400 g/mol. The van der Waals surface area contributed by atoms with Crippen molar-refractivity contribution in [3.05, 3.63) is 34.9 Å². The quantitative estimate of drug-likeness (QED) is 0.777. The van der Waals surface area contributed by atoms with Crippen molar-refractivity contribution in [2.75, 3.05) is 13.1 Å². The highest BCUT2D eigenvalue weighted by Gasteiger charge is 2.27. The Morgan fingerprint density at radius 3 is 2.32 bits per heavy atom. The van der Waals surface area contributed by atoms with Gasteiger partial charge < -0.3 is 0 Å². The fourth-order valence-corrected chi connectivity index (χ4v) is 5.59. The zero-order valence-electron chi connectivity index (χ0n) is 12.0. The van der Waals surface area contributed by atoms with Crippen LogP contribution in [0.2, 0.25) is 0 Å². The van der Waals surface area contributed by atoms with Gasteiger partial charge in [-0.3, -0.25) is 0 Å². The Morgan fingerprint density at radius 1 is 1.05 bits per heavy atom. The highest BCUT2D eigenvalue weighted by atomic mass is 79.9. The summed E-state index contributed by atoms with van der Waals surface area (Å²) in [5, 5.41) is 0.737. The Bertz CT molecular complexity index is 733. The number of hydrogen-bond acceptors (Lipinski definition) is 4. The first kappa shape index (κ1) is 16.1. The molecule has 1 aromatic heterocycles. The highest BCUT2D eigenvalue weighted by molar-refractivity contribution is 9.10. The average molecular weight is 401 g/mol. The molecule has 118 valence electrons. The minimum absolute atomic E-state index is 0.340. The van der Waals surface area contributed by atoms with Gasteiger partial charge >= 0.3 is 0 Å². The SMILES string of the molecule is O=S(=O)(c1cnc(-c2ccc(Br)cc2)s1)N1CCCCCC1. The van der Waals surface area contributed by atoms with Crippen LogP contribution in [0.1, 0.15) is 25.7 Å². The molecule has 1 aliphatic rings. The summed E-state index contributed by atoms with van der Waals surface area (Å²) in [6.07, 6.45) is 5.59. The highest BCUT2D eigenvalue weighted by Crippen LogP contribution is 2.31. The van der Waals surface area contributed by atoms with E-state index in [9.17, 15) is 8.42 Å². The molecule has 0 saturated carbocycles. The molecule has 0 radical (unpaired) electrons. The second kappa shape index (κ2) is 6.78. The third-order valence-corrected chi connectivity index (χ3v) is 7.65. The van der Waals surface area contributed by atoms with Crippen LogP contribution >= 0.6 is 27.3 Å². The van der Waals surface area contributed by atoms with Crippen molar-refractivity contribution < 1.29 is 8.42 Å². The number of rotatable bonds is 3. The predicted octanol–water partition coefficient (Wildman–Crippen LogP) is 4.14. The average Bonchev–Trinajstić information content (AvgIpc) is 2.84. The first-order chi connectivity index (χ1) is 10.6. The van der Waals surface area contributed by atoms with Crippen LogP contribution in [0.5, 0.6) is 0 Å². The number of benzene rings is 1. The molecule has 7 heteroatoms. The minimum Gasteiger partial charge on any atom is -0.243 e. The number of halogens is 1. The predicted molar refractivity (Wildman–Crippen MR) is 92.5 cm³/mol. The van der Waals surface area contributed by atoms with Crippen molar-refractivity contribution in [3.8, 4) is 10.6 Å². The van der Waals surface area contributed by atoms with Crippen molar-refractivity contribution in [3.63, 3.8) is 0 Å². The number of hydrogen-bond donors (Lipinski definition) is 0. The summed E-state index contributed by atoms with van der Waals surface area (Å²) in [7, 11) is -3.40. The van der Waals surface area contributed by atoms with Gasteiger partial charge in [0.15, 0.2) is 4.21 Å². The second-order valence-corrected chi connectivity index (χ2v) is 9.42. The van der Waals surface area contributed by atoms with E-state index in [0.29, 0.717) is 17.3 Å². The van der Waals surface area contributed by atoms with E-state index in [1.807, 2.05) is 24.3 Å². The van der Waals surface area contributed by atoms with Crippen LogP contribution in [-0.2, 0) is 10.0 Å². The molecule has 4 nitrogen and oxygen atoms in total. The Morgan fingerprint density at radius 2 is 1.68 bits per heavy atom. The van der Waals surface area contributed by atoms with Crippen LogP contribution in [0.25, 0.3) is 10.6 Å². The third kappa shape index (κ3) is 3.42. The van der Waals surface area contributed by atoms with E-state index in [2.05, 4.69) is 20.9 Å². The van der Waals surface area contributed by atoms with Gasteiger partial charge in [-0.25, -0.2) is 13.4 Å². The molecule has 1 saturated heterocycles. The lowest BCUT2D eigenvalue weighted by molar-refractivity contribution is 0.425. The zero-order chi connectivity index (χ0) is 15.6. The summed E-state index contributed by atoms with van der Waals surface area (Å²) >= 11 is 4.64. The fourth-order valence-electron chi connectivity index (χ4n) is 2.51. The Kier molecular flexibility index (Phi) is 4.97. The standard InChI is InChI=1S/C15H17BrN2O2S2/c16-13-7-5-12(6-8-13)15-17-11-14(21-15)22(19,20)18-9-3-1-2-4-10-18/h5-8,11H,1-4,9-10H2. The number of nitrogens with zero attached hydrogens (tertiary/aromatic N) is 2. The molecule has 22 heavy (non-hydrogen) atoms. The molecule has 0 amide bonds. The van der Waals surface area contributed by atoms with Gasteiger partial charge in [0.2, 0.25) is 0 Å². The lowest BCUT2D eigenvalue weighted by Gasteiger charge is -2.18. The van der Waals surface area contributed by atoms with Gasteiger partial charge in [0.05, 0.1) is 6.20 Å². The van der Waals surface area contributed by atoms with E-state index >= 15 is 0 Å². The molecular formula is C15H17BrN2O2S2. The van der Waals surface area contributed by atoms with Crippen LogP contribution in [0.3, 0.4) is 0 Å². The summed E-state index contributed by atoms with van der Waals surface area (Å²) in [5.41, 5.74) is 0.936. The van der Waals surface area contributed by atoms with Crippen molar-refractivity contribution in [2.24, 2.45) is 0 Å². The van der Waals surface area contributed by atoms with Crippen LogP contribution in [0.4, 0.5) is 0 Å². The summed E-state index contributed by atoms with van der Waals surface area (Å²) < 4.78 is 28.4. The number of aromatic nitrogens is 1. The van der Waals surface area contributed by atoms with Crippen LogP contribution in [0.15, 0.2) is 39.1 Å². The number of sulfonamides is 1. The van der Waals surface area contributed by atoms with E-state index in [0.717, 1.165) is 40.7 Å². The molecule has 0 spiro atoms. The van der Waals surface area contributed by atoms with Gasteiger partial charge in [0.25, 0.3) is 10.0 Å². The van der Waals surface area contributed by atoms with E-state index in [4.69, 9.17) is 0 Å². The van der Waals surface area contributed by atoms with Crippen molar-refractivity contribution in [1.29, 1.82) is 0 Å². The van der Waals surface area contributed by atoms with Gasteiger partial charge in [0, 0.05) is 23.1 Å². The molecule has 0 bridgehead atoms. The number of thiazole rings is 1. The topological polar surface area (TPSA) is 50.3 Å². The van der Waals surface area contributed by atoms with Crippen LogP contribution in [-0.4, -0.2) is 30.8 Å². The van der Waals surface area contributed by atoms with E-state index in [1.165, 1.54) is 17.5 Å². The van der Waals surface area contributed by atoms with Gasteiger partial charge in [-0.15, -0.1) is 11.3 Å². The molecule has 3 rings (SSSR count). The van der Waals surface area contributed by atoms with Gasteiger partial charge in [-0.1, -0.05) is 40.9 Å². The van der Waals surface area contributed by atoms with E-state index in [1.54, 1.807) is 4.31 Å². The summed E-state index contributed by atoms with van der Waals surface area (Å²) in [6.45, 7) is 1.24. The molecular weight excluding hydrogens is 384 g/mol. The minimum atomic E-state index is -3.40. The Labute approximate surface area is 143 Å².